The zero-order chi connectivity index (χ0) is 24.6. The lowest BCUT2D eigenvalue weighted by Crippen LogP contribution is -2.05. The summed E-state index contributed by atoms with van der Waals surface area (Å²) in [5, 5.41) is 0. The number of hydrogen-bond acceptors (Lipinski definition) is 2. The molecule has 4 aromatic carbocycles. The van der Waals surface area contributed by atoms with Crippen molar-refractivity contribution >= 4 is 22.1 Å². The topological polar surface area (TPSA) is 35.6 Å². The van der Waals surface area contributed by atoms with Gasteiger partial charge in [-0.2, -0.15) is 0 Å². The van der Waals surface area contributed by atoms with Crippen molar-refractivity contribution in [1.29, 1.82) is 0 Å². The highest BCUT2D eigenvalue weighted by atomic mass is 15.1. The van der Waals surface area contributed by atoms with E-state index in [-0.39, 0.29) is 0 Å². The molecule has 0 unspecified atom stereocenters. The van der Waals surface area contributed by atoms with E-state index in [9.17, 15) is 0 Å². The van der Waals surface area contributed by atoms with E-state index in [0.29, 0.717) is 0 Å². The summed E-state index contributed by atoms with van der Waals surface area (Å²) in [6.45, 7) is 5.18. The van der Waals surface area contributed by atoms with Crippen LogP contribution in [0.2, 0.25) is 0 Å². The highest BCUT2D eigenvalue weighted by Crippen LogP contribution is 2.31. The summed E-state index contributed by atoms with van der Waals surface area (Å²) in [6, 6.07) is 32.3. The molecule has 6 rings (SSSR count). The van der Waals surface area contributed by atoms with Gasteiger partial charge in [0.25, 0.3) is 0 Å². The molecule has 0 spiro atoms. The average molecular weight is 471 g/mol. The average Bonchev–Trinajstić information content (AvgIpc) is 3.43. The Balaban J connectivity index is 1.44. The predicted octanol–water partition coefficient (Wildman–Crippen LogP) is 7.57. The Morgan fingerprint density at radius 1 is 0.722 bits per heavy atom. The van der Waals surface area contributed by atoms with Crippen LogP contribution in [-0.4, -0.2) is 19.1 Å². The number of benzene rings is 4. The lowest BCUT2D eigenvalue weighted by Gasteiger charge is -2.11. The minimum Gasteiger partial charge on any atom is -0.327 e. The number of aromatic nitrogens is 4. The molecule has 0 aliphatic carbocycles. The van der Waals surface area contributed by atoms with Crippen molar-refractivity contribution < 1.29 is 0 Å². The molecule has 0 saturated heterocycles. The summed E-state index contributed by atoms with van der Waals surface area (Å²) in [5.41, 5.74) is 10.5. The quantitative estimate of drug-likeness (QED) is 0.252. The minimum atomic E-state index is 0.798. The van der Waals surface area contributed by atoms with E-state index < -0.39 is 0 Å². The molecule has 36 heavy (non-hydrogen) atoms. The van der Waals surface area contributed by atoms with Crippen molar-refractivity contribution in [3.63, 3.8) is 0 Å². The monoisotopic (exact) mass is 470 g/mol. The zero-order valence-corrected chi connectivity index (χ0v) is 21.1. The van der Waals surface area contributed by atoms with Crippen LogP contribution in [0.4, 0.5) is 0 Å². The Morgan fingerprint density at radius 2 is 1.44 bits per heavy atom. The smallest absolute Gasteiger partial charge is 0.140 e. The Hall–Kier alpha value is -4.18. The Kier molecular flexibility index (Phi) is 5.65. The van der Waals surface area contributed by atoms with Crippen LogP contribution in [0.5, 0.6) is 0 Å². The van der Waals surface area contributed by atoms with Crippen LogP contribution in [-0.2, 0) is 20.0 Å². The SMILES string of the molecule is CCCc1nc2c(C)cc(-c3nc4ccccc4n3C)cc2n1Cc1ccc(-c2ccccc2)cc1. The number of para-hydroxylation sites is 2. The van der Waals surface area contributed by atoms with Crippen molar-refractivity contribution in [2.45, 2.75) is 33.2 Å². The molecule has 0 radical (unpaired) electrons. The van der Waals surface area contributed by atoms with Gasteiger partial charge in [-0.3, -0.25) is 0 Å². The Morgan fingerprint density at radius 3 is 2.19 bits per heavy atom. The normalized spacial score (nSPS) is 11.5. The molecule has 4 heteroatoms. The zero-order valence-electron chi connectivity index (χ0n) is 21.1. The second kappa shape index (κ2) is 9.12. The molecule has 0 amide bonds. The maximum absolute atomic E-state index is 5.10. The molecule has 0 aliphatic rings. The lowest BCUT2D eigenvalue weighted by atomic mass is 10.0. The Labute approximate surface area is 211 Å². The van der Waals surface area contributed by atoms with Gasteiger partial charge in [-0.25, -0.2) is 9.97 Å². The van der Waals surface area contributed by atoms with Gasteiger partial charge < -0.3 is 9.13 Å². The van der Waals surface area contributed by atoms with Crippen LogP contribution in [0.25, 0.3) is 44.6 Å². The molecule has 2 heterocycles. The van der Waals surface area contributed by atoms with Gasteiger partial charge >= 0.3 is 0 Å². The van der Waals surface area contributed by atoms with Gasteiger partial charge in [-0.05, 0) is 59.9 Å². The predicted molar refractivity (Wildman–Crippen MR) is 149 cm³/mol. The fourth-order valence-corrected chi connectivity index (χ4v) is 5.18. The number of nitrogens with zero attached hydrogens (tertiary/aromatic N) is 4. The highest BCUT2D eigenvalue weighted by Gasteiger charge is 2.17. The van der Waals surface area contributed by atoms with Crippen LogP contribution in [0.15, 0.2) is 91.0 Å². The van der Waals surface area contributed by atoms with Gasteiger partial charge in [-0.1, -0.05) is 73.7 Å². The van der Waals surface area contributed by atoms with E-state index in [4.69, 9.17) is 9.97 Å². The van der Waals surface area contributed by atoms with Crippen LogP contribution in [0.1, 0.15) is 30.3 Å². The van der Waals surface area contributed by atoms with Crippen molar-refractivity contribution in [3.05, 3.63) is 108 Å². The number of imidazole rings is 2. The summed E-state index contributed by atoms with van der Waals surface area (Å²) in [4.78, 5) is 10.1. The third-order valence-electron chi connectivity index (χ3n) is 7.04. The highest BCUT2D eigenvalue weighted by molar-refractivity contribution is 5.87. The second-order valence-electron chi connectivity index (χ2n) is 9.57. The summed E-state index contributed by atoms with van der Waals surface area (Å²) in [6.07, 6.45) is 2.02. The van der Waals surface area contributed by atoms with E-state index in [1.807, 2.05) is 6.07 Å². The summed E-state index contributed by atoms with van der Waals surface area (Å²) < 4.78 is 4.58. The number of aryl methyl sites for hydroxylation is 3. The van der Waals surface area contributed by atoms with Crippen molar-refractivity contribution in [2.75, 3.05) is 0 Å². The van der Waals surface area contributed by atoms with E-state index in [1.165, 1.54) is 27.8 Å². The number of hydrogen-bond donors (Lipinski definition) is 0. The van der Waals surface area contributed by atoms with E-state index in [0.717, 1.165) is 53.1 Å². The summed E-state index contributed by atoms with van der Waals surface area (Å²) in [5.74, 6) is 2.13. The van der Waals surface area contributed by atoms with Gasteiger partial charge in [-0.15, -0.1) is 0 Å². The molecule has 0 fully saturated rings. The number of rotatable bonds is 6. The first-order chi connectivity index (χ1) is 17.6. The van der Waals surface area contributed by atoms with E-state index >= 15 is 0 Å². The Bertz CT molecular complexity index is 1670. The summed E-state index contributed by atoms with van der Waals surface area (Å²) >= 11 is 0. The molecule has 0 atom stereocenters. The molecular weight excluding hydrogens is 440 g/mol. The largest absolute Gasteiger partial charge is 0.327 e. The van der Waals surface area contributed by atoms with Crippen LogP contribution < -0.4 is 0 Å². The maximum atomic E-state index is 5.10. The molecule has 0 N–H and O–H groups in total. The molecule has 0 saturated carbocycles. The second-order valence-corrected chi connectivity index (χ2v) is 9.57. The third-order valence-corrected chi connectivity index (χ3v) is 7.04. The van der Waals surface area contributed by atoms with Crippen LogP contribution >= 0.6 is 0 Å². The van der Waals surface area contributed by atoms with Crippen LogP contribution in [0, 0.1) is 6.92 Å². The molecule has 4 nitrogen and oxygen atoms in total. The minimum absolute atomic E-state index is 0.798. The van der Waals surface area contributed by atoms with E-state index in [1.54, 1.807) is 0 Å². The van der Waals surface area contributed by atoms with Gasteiger partial charge in [0.2, 0.25) is 0 Å². The maximum Gasteiger partial charge on any atom is 0.140 e. The van der Waals surface area contributed by atoms with Crippen molar-refractivity contribution in [3.8, 4) is 22.5 Å². The third kappa shape index (κ3) is 3.89. The van der Waals surface area contributed by atoms with Gasteiger partial charge in [0.05, 0.1) is 22.1 Å². The molecular formula is C32H30N4. The molecule has 0 aliphatic heterocycles. The molecule has 2 aromatic heterocycles. The molecule has 178 valence electrons. The van der Waals surface area contributed by atoms with Crippen LogP contribution in [0.3, 0.4) is 0 Å². The lowest BCUT2D eigenvalue weighted by molar-refractivity contribution is 0.722. The van der Waals surface area contributed by atoms with Crippen molar-refractivity contribution in [1.82, 2.24) is 19.1 Å². The van der Waals surface area contributed by atoms with Gasteiger partial charge in [0.1, 0.15) is 11.6 Å². The fourth-order valence-electron chi connectivity index (χ4n) is 5.18. The van der Waals surface area contributed by atoms with Gasteiger partial charge in [0.15, 0.2) is 0 Å². The first-order valence-corrected chi connectivity index (χ1v) is 12.7. The summed E-state index contributed by atoms with van der Waals surface area (Å²) in [7, 11) is 2.10. The van der Waals surface area contributed by atoms with Gasteiger partial charge in [0, 0.05) is 25.6 Å². The standard InChI is InChI=1S/C32H30N4/c1-4-10-30-34-31-22(2)19-26(32-33-27-13-8-9-14-28(27)35(32)3)20-29(31)36(30)21-23-15-17-25(18-16-23)24-11-6-5-7-12-24/h5-9,11-20H,4,10,21H2,1-3H3. The van der Waals surface area contributed by atoms with Crippen molar-refractivity contribution in [2.24, 2.45) is 7.05 Å². The molecule has 0 bridgehead atoms. The first-order valence-electron chi connectivity index (χ1n) is 12.7. The fraction of sp³-hybridized carbons (Fsp3) is 0.188. The van der Waals surface area contributed by atoms with E-state index in [2.05, 4.69) is 115 Å². The molecule has 6 aromatic rings. The first kappa shape index (κ1) is 22.3. The number of fused-ring (bicyclic) bond motifs is 2.